The molecule has 11 heavy (non-hydrogen) atoms. The van der Waals surface area contributed by atoms with Gasteiger partial charge in [-0.05, 0) is 26.2 Å². The number of fused-ring (bicyclic) bond motifs is 1. The first-order chi connectivity index (χ1) is 5.33. The molecule has 3 nitrogen and oxygen atoms in total. The van der Waals surface area contributed by atoms with Gasteiger partial charge in [0.25, 0.3) is 5.91 Å². The Kier molecular flexibility index (Phi) is 1.44. The summed E-state index contributed by atoms with van der Waals surface area (Å²) in [7, 11) is 0. The Morgan fingerprint density at radius 1 is 1.73 bits per heavy atom. The summed E-state index contributed by atoms with van der Waals surface area (Å²) in [5.41, 5.74) is 1.12. The lowest BCUT2D eigenvalue weighted by atomic mass is 10.1. The highest BCUT2D eigenvalue weighted by Gasteiger charge is 2.37. The maximum atomic E-state index is 11.4. The van der Waals surface area contributed by atoms with Crippen molar-refractivity contribution in [3.63, 3.8) is 0 Å². The highest BCUT2D eigenvalue weighted by atomic mass is 16.2. The van der Waals surface area contributed by atoms with Gasteiger partial charge in [0, 0.05) is 6.54 Å². The van der Waals surface area contributed by atoms with E-state index in [1.165, 1.54) is 0 Å². The molecule has 1 heterocycles. The van der Waals surface area contributed by atoms with Gasteiger partial charge in [-0.25, -0.2) is 5.01 Å². The Morgan fingerprint density at radius 3 is 3.18 bits per heavy atom. The minimum absolute atomic E-state index is 0.162. The van der Waals surface area contributed by atoms with E-state index in [0.717, 1.165) is 31.5 Å². The minimum Gasteiger partial charge on any atom is -0.272 e. The molecular formula is C8H12N2O. The van der Waals surface area contributed by atoms with Crippen LogP contribution in [-0.2, 0) is 4.79 Å². The number of carbonyl (C=O) groups excluding carboxylic acids is 1. The van der Waals surface area contributed by atoms with E-state index >= 15 is 0 Å². The Hall–Kier alpha value is -0.860. The van der Waals surface area contributed by atoms with Crippen molar-refractivity contribution in [1.82, 2.24) is 5.01 Å². The van der Waals surface area contributed by atoms with Crippen LogP contribution < -0.4 is 0 Å². The zero-order valence-electron chi connectivity index (χ0n) is 6.71. The monoisotopic (exact) mass is 152 g/mol. The molecule has 2 rings (SSSR count). The standard InChI is InChI=1S/C8H12N2O/c1-2-10-8(11)6-4-3-5-7(6)9-10/h6H,2-5H2,1H3. The van der Waals surface area contributed by atoms with Crippen molar-refractivity contribution in [2.24, 2.45) is 11.0 Å². The van der Waals surface area contributed by atoms with E-state index in [4.69, 9.17) is 0 Å². The summed E-state index contributed by atoms with van der Waals surface area (Å²) in [6.07, 6.45) is 3.20. The van der Waals surface area contributed by atoms with Gasteiger partial charge in [-0.3, -0.25) is 4.79 Å². The van der Waals surface area contributed by atoms with E-state index in [1.807, 2.05) is 6.92 Å². The highest BCUT2D eigenvalue weighted by molar-refractivity contribution is 6.09. The molecule has 1 saturated carbocycles. The summed E-state index contributed by atoms with van der Waals surface area (Å²) in [5.74, 6) is 0.384. The minimum atomic E-state index is 0.162. The molecule has 0 aromatic heterocycles. The fourth-order valence-corrected chi connectivity index (χ4v) is 1.82. The van der Waals surface area contributed by atoms with Crippen LogP contribution >= 0.6 is 0 Å². The molecular weight excluding hydrogens is 140 g/mol. The highest BCUT2D eigenvalue weighted by Crippen LogP contribution is 2.29. The van der Waals surface area contributed by atoms with Crippen molar-refractivity contribution in [1.29, 1.82) is 0 Å². The van der Waals surface area contributed by atoms with Crippen LogP contribution in [0.2, 0.25) is 0 Å². The Bertz CT molecular complexity index is 222. The summed E-state index contributed by atoms with van der Waals surface area (Å²) in [6, 6.07) is 0. The molecule has 3 heteroatoms. The summed E-state index contributed by atoms with van der Waals surface area (Å²) in [6.45, 7) is 2.68. The lowest BCUT2D eigenvalue weighted by molar-refractivity contribution is -0.131. The molecule has 0 radical (unpaired) electrons. The molecule has 1 atom stereocenters. The van der Waals surface area contributed by atoms with Crippen LogP contribution in [0.15, 0.2) is 5.10 Å². The number of nitrogens with zero attached hydrogens (tertiary/aromatic N) is 2. The fraction of sp³-hybridized carbons (Fsp3) is 0.750. The maximum absolute atomic E-state index is 11.4. The van der Waals surface area contributed by atoms with E-state index in [0.29, 0.717) is 0 Å². The van der Waals surface area contributed by atoms with E-state index in [1.54, 1.807) is 5.01 Å². The second-order valence-electron chi connectivity index (χ2n) is 3.09. The van der Waals surface area contributed by atoms with Gasteiger partial charge in [-0.1, -0.05) is 0 Å². The molecule has 0 N–H and O–H groups in total. The molecule has 60 valence electrons. The smallest absolute Gasteiger partial charge is 0.251 e. The second-order valence-corrected chi connectivity index (χ2v) is 3.09. The first-order valence-corrected chi connectivity index (χ1v) is 4.21. The van der Waals surface area contributed by atoms with Crippen LogP contribution in [0.3, 0.4) is 0 Å². The van der Waals surface area contributed by atoms with Crippen LogP contribution in [0.4, 0.5) is 0 Å². The maximum Gasteiger partial charge on any atom is 0.251 e. The van der Waals surface area contributed by atoms with Crippen LogP contribution in [0.25, 0.3) is 0 Å². The molecule has 0 aromatic carbocycles. The third kappa shape index (κ3) is 0.870. The summed E-state index contributed by atoms with van der Waals surface area (Å²) in [5, 5.41) is 5.85. The zero-order valence-corrected chi connectivity index (χ0v) is 6.71. The average molecular weight is 152 g/mol. The quantitative estimate of drug-likeness (QED) is 0.551. The van der Waals surface area contributed by atoms with Gasteiger partial charge >= 0.3 is 0 Å². The van der Waals surface area contributed by atoms with E-state index in [2.05, 4.69) is 5.10 Å². The van der Waals surface area contributed by atoms with Gasteiger partial charge in [-0.2, -0.15) is 5.10 Å². The normalized spacial score (nSPS) is 29.2. The van der Waals surface area contributed by atoms with Crippen molar-refractivity contribution in [2.45, 2.75) is 26.2 Å². The number of rotatable bonds is 1. The Balaban J connectivity index is 2.22. The SMILES string of the molecule is CCN1N=C2CCCC2C1=O. The molecule has 0 bridgehead atoms. The summed E-state index contributed by atoms with van der Waals surface area (Å²) < 4.78 is 0. The largest absolute Gasteiger partial charge is 0.272 e. The van der Waals surface area contributed by atoms with Crippen molar-refractivity contribution < 1.29 is 4.79 Å². The topological polar surface area (TPSA) is 32.7 Å². The summed E-state index contributed by atoms with van der Waals surface area (Å²) in [4.78, 5) is 11.4. The van der Waals surface area contributed by atoms with Gasteiger partial charge in [0.05, 0.1) is 11.6 Å². The molecule has 1 aliphatic carbocycles. The van der Waals surface area contributed by atoms with Crippen LogP contribution in [-0.4, -0.2) is 23.2 Å². The van der Waals surface area contributed by atoms with Gasteiger partial charge in [0.1, 0.15) is 0 Å². The molecule has 1 unspecified atom stereocenters. The van der Waals surface area contributed by atoms with Crippen molar-refractivity contribution in [3.8, 4) is 0 Å². The third-order valence-electron chi connectivity index (χ3n) is 2.43. The van der Waals surface area contributed by atoms with Crippen LogP contribution in [0, 0.1) is 5.92 Å². The number of carbonyl (C=O) groups is 1. The first-order valence-electron chi connectivity index (χ1n) is 4.21. The number of hydrogen-bond acceptors (Lipinski definition) is 2. The fourth-order valence-electron chi connectivity index (χ4n) is 1.82. The lowest BCUT2D eigenvalue weighted by Gasteiger charge is -2.09. The van der Waals surface area contributed by atoms with Gasteiger partial charge in [0.15, 0.2) is 0 Å². The van der Waals surface area contributed by atoms with Crippen LogP contribution in [0.1, 0.15) is 26.2 Å². The third-order valence-corrected chi connectivity index (χ3v) is 2.43. The zero-order chi connectivity index (χ0) is 7.84. The van der Waals surface area contributed by atoms with Gasteiger partial charge < -0.3 is 0 Å². The second kappa shape index (κ2) is 2.32. The molecule has 0 aromatic rings. The van der Waals surface area contributed by atoms with Crippen LogP contribution in [0.5, 0.6) is 0 Å². The Morgan fingerprint density at radius 2 is 2.55 bits per heavy atom. The lowest BCUT2D eigenvalue weighted by Crippen LogP contribution is -2.25. The molecule has 2 aliphatic rings. The van der Waals surface area contributed by atoms with Gasteiger partial charge in [0.2, 0.25) is 0 Å². The first kappa shape index (κ1) is 6.83. The number of hydrazone groups is 1. The number of hydrogen-bond donors (Lipinski definition) is 0. The number of amides is 1. The van der Waals surface area contributed by atoms with E-state index in [-0.39, 0.29) is 11.8 Å². The van der Waals surface area contributed by atoms with E-state index in [9.17, 15) is 4.79 Å². The van der Waals surface area contributed by atoms with Crippen molar-refractivity contribution in [3.05, 3.63) is 0 Å². The molecule has 0 saturated heterocycles. The molecule has 1 fully saturated rings. The molecule has 1 aliphatic heterocycles. The van der Waals surface area contributed by atoms with Crippen molar-refractivity contribution >= 4 is 11.6 Å². The predicted molar refractivity (Wildman–Crippen MR) is 42.2 cm³/mol. The molecule has 0 spiro atoms. The predicted octanol–water partition coefficient (Wildman–Crippen LogP) is 1.00. The average Bonchev–Trinajstić information content (AvgIpc) is 2.53. The molecule has 1 amide bonds. The van der Waals surface area contributed by atoms with E-state index < -0.39 is 0 Å². The Labute approximate surface area is 66.1 Å². The summed E-state index contributed by atoms with van der Waals surface area (Å²) >= 11 is 0. The van der Waals surface area contributed by atoms with Crippen molar-refractivity contribution in [2.75, 3.05) is 6.54 Å². The van der Waals surface area contributed by atoms with Gasteiger partial charge in [-0.15, -0.1) is 0 Å².